The fourth-order valence-corrected chi connectivity index (χ4v) is 3.29. The zero-order chi connectivity index (χ0) is 21.1. The molecule has 1 aromatic carbocycles. The summed E-state index contributed by atoms with van der Waals surface area (Å²) >= 11 is 0. The van der Waals surface area contributed by atoms with Gasteiger partial charge in [0, 0.05) is 18.5 Å². The van der Waals surface area contributed by atoms with Crippen LogP contribution in [0.15, 0.2) is 67.0 Å². The molecule has 0 aliphatic heterocycles. The van der Waals surface area contributed by atoms with E-state index in [0.29, 0.717) is 11.6 Å². The summed E-state index contributed by atoms with van der Waals surface area (Å²) < 4.78 is 1.98. The Morgan fingerprint density at radius 2 is 1.87 bits per heavy atom. The van der Waals surface area contributed by atoms with Crippen LogP contribution in [0.5, 0.6) is 0 Å². The molecule has 0 saturated heterocycles. The molecule has 0 spiro atoms. The first-order valence-corrected chi connectivity index (χ1v) is 9.87. The van der Waals surface area contributed by atoms with E-state index in [1.807, 2.05) is 53.9 Å². The Kier molecular flexibility index (Phi) is 5.39. The van der Waals surface area contributed by atoms with Crippen LogP contribution in [0.25, 0.3) is 23.1 Å². The topological polar surface area (TPSA) is 72.2 Å². The van der Waals surface area contributed by atoms with E-state index in [-0.39, 0.29) is 11.9 Å². The highest BCUT2D eigenvalue weighted by Gasteiger charge is 2.13. The standard InChI is InChI=1S/C24H23N5O/c1-16(2)19-10-7-18(8-11-19)9-12-22(30)28-24-25-14-13-20(27-24)23-17(3)26-21-6-4-5-15-29(21)23/h4-16H,1-3H3,(H,25,27,28,30)/b12-9+. The predicted octanol–water partition coefficient (Wildman–Crippen LogP) is 4.88. The molecule has 1 amide bonds. The van der Waals surface area contributed by atoms with Gasteiger partial charge in [-0.1, -0.05) is 44.2 Å². The lowest BCUT2D eigenvalue weighted by Gasteiger charge is -2.06. The molecular weight excluding hydrogens is 374 g/mol. The number of amides is 1. The van der Waals surface area contributed by atoms with E-state index in [4.69, 9.17) is 0 Å². The van der Waals surface area contributed by atoms with Crippen molar-refractivity contribution in [1.82, 2.24) is 19.4 Å². The van der Waals surface area contributed by atoms with Crippen molar-refractivity contribution in [3.63, 3.8) is 0 Å². The molecule has 1 N–H and O–H groups in total. The summed E-state index contributed by atoms with van der Waals surface area (Å²) in [5, 5.41) is 2.73. The SMILES string of the molecule is Cc1nc2ccccn2c1-c1ccnc(NC(=O)/C=C/c2ccc(C(C)C)cc2)n1. The molecule has 0 bridgehead atoms. The molecule has 3 aromatic heterocycles. The zero-order valence-electron chi connectivity index (χ0n) is 17.2. The summed E-state index contributed by atoms with van der Waals surface area (Å²) in [6.45, 7) is 6.25. The number of anilines is 1. The maximum atomic E-state index is 12.3. The lowest BCUT2D eigenvalue weighted by atomic mass is 10.0. The monoisotopic (exact) mass is 397 g/mol. The van der Waals surface area contributed by atoms with Gasteiger partial charge in [-0.05, 0) is 48.2 Å². The number of fused-ring (bicyclic) bond motifs is 1. The van der Waals surface area contributed by atoms with E-state index in [2.05, 4.69) is 46.2 Å². The molecule has 0 fully saturated rings. The summed E-state index contributed by atoms with van der Waals surface area (Å²) in [6, 6.07) is 15.8. The summed E-state index contributed by atoms with van der Waals surface area (Å²) in [5.74, 6) is 0.449. The number of aryl methyl sites for hydroxylation is 1. The fourth-order valence-electron chi connectivity index (χ4n) is 3.29. The molecule has 6 nitrogen and oxygen atoms in total. The van der Waals surface area contributed by atoms with Crippen LogP contribution in [-0.4, -0.2) is 25.3 Å². The van der Waals surface area contributed by atoms with Crippen LogP contribution < -0.4 is 5.32 Å². The molecule has 150 valence electrons. The second-order valence-corrected chi connectivity index (χ2v) is 7.38. The number of nitrogens with one attached hydrogen (secondary N) is 1. The third-order valence-electron chi connectivity index (χ3n) is 4.87. The van der Waals surface area contributed by atoms with Crippen molar-refractivity contribution in [2.75, 3.05) is 5.32 Å². The lowest BCUT2D eigenvalue weighted by molar-refractivity contribution is -0.111. The minimum atomic E-state index is -0.282. The number of nitrogens with zero attached hydrogens (tertiary/aromatic N) is 4. The molecule has 0 atom stereocenters. The first-order valence-electron chi connectivity index (χ1n) is 9.87. The fraction of sp³-hybridized carbons (Fsp3) is 0.167. The minimum Gasteiger partial charge on any atom is -0.298 e. The van der Waals surface area contributed by atoms with E-state index in [1.165, 1.54) is 11.6 Å². The number of benzene rings is 1. The van der Waals surface area contributed by atoms with E-state index in [0.717, 1.165) is 22.6 Å². The van der Waals surface area contributed by atoms with Crippen LogP contribution in [0.4, 0.5) is 5.95 Å². The van der Waals surface area contributed by atoms with Gasteiger partial charge in [0.05, 0.1) is 17.1 Å². The Bertz CT molecular complexity index is 1220. The van der Waals surface area contributed by atoms with Crippen LogP contribution in [0, 0.1) is 6.92 Å². The molecule has 0 aliphatic rings. The maximum Gasteiger partial charge on any atom is 0.250 e. The molecule has 30 heavy (non-hydrogen) atoms. The van der Waals surface area contributed by atoms with Crippen LogP contribution >= 0.6 is 0 Å². The molecule has 4 rings (SSSR count). The van der Waals surface area contributed by atoms with Gasteiger partial charge in [-0.2, -0.15) is 0 Å². The summed E-state index contributed by atoms with van der Waals surface area (Å²) in [7, 11) is 0. The average Bonchev–Trinajstić information content (AvgIpc) is 3.08. The second-order valence-electron chi connectivity index (χ2n) is 7.38. The highest BCUT2D eigenvalue weighted by atomic mass is 16.1. The Morgan fingerprint density at radius 3 is 2.63 bits per heavy atom. The van der Waals surface area contributed by atoms with Gasteiger partial charge in [0.15, 0.2) is 0 Å². The van der Waals surface area contributed by atoms with Crippen LogP contribution in [0.1, 0.15) is 36.6 Å². The first-order chi connectivity index (χ1) is 14.5. The van der Waals surface area contributed by atoms with Gasteiger partial charge in [0.25, 0.3) is 5.91 Å². The van der Waals surface area contributed by atoms with Gasteiger partial charge >= 0.3 is 0 Å². The summed E-state index contributed by atoms with van der Waals surface area (Å²) in [5.41, 5.74) is 5.52. The van der Waals surface area contributed by atoms with E-state index >= 15 is 0 Å². The van der Waals surface area contributed by atoms with Crippen molar-refractivity contribution in [2.24, 2.45) is 0 Å². The van der Waals surface area contributed by atoms with Crippen LogP contribution in [0.2, 0.25) is 0 Å². The molecule has 6 heteroatoms. The van der Waals surface area contributed by atoms with Gasteiger partial charge in [-0.25, -0.2) is 15.0 Å². The van der Waals surface area contributed by atoms with Crippen molar-refractivity contribution in [1.29, 1.82) is 0 Å². The van der Waals surface area contributed by atoms with Gasteiger partial charge in [-0.15, -0.1) is 0 Å². The Hall–Kier alpha value is -3.80. The van der Waals surface area contributed by atoms with Crippen LogP contribution in [-0.2, 0) is 4.79 Å². The summed E-state index contributed by atoms with van der Waals surface area (Å²) in [6.07, 6.45) is 6.84. The number of imidazole rings is 1. The average molecular weight is 397 g/mol. The smallest absolute Gasteiger partial charge is 0.250 e. The van der Waals surface area contributed by atoms with Gasteiger partial charge in [-0.3, -0.25) is 14.5 Å². The Morgan fingerprint density at radius 1 is 1.07 bits per heavy atom. The molecule has 0 radical (unpaired) electrons. The van der Waals surface area contributed by atoms with Crippen molar-refractivity contribution >= 4 is 23.6 Å². The van der Waals surface area contributed by atoms with E-state index in [1.54, 1.807) is 12.3 Å². The molecule has 0 saturated carbocycles. The van der Waals surface area contributed by atoms with E-state index in [9.17, 15) is 4.79 Å². The molecule has 0 aliphatic carbocycles. The number of pyridine rings is 1. The van der Waals surface area contributed by atoms with Crippen molar-refractivity contribution in [2.45, 2.75) is 26.7 Å². The van der Waals surface area contributed by atoms with Gasteiger partial charge < -0.3 is 0 Å². The second kappa shape index (κ2) is 8.29. The molecule has 0 unspecified atom stereocenters. The number of hydrogen-bond donors (Lipinski definition) is 1. The number of carbonyl (C=O) groups excluding carboxylic acids is 1. The largest absolute Gasteiger partial charge is 0.298 e. The number of hydrogen-bond acceptors (Lipinski definition) is 4. The van der Waals surface area contributed by atoms with Gasteiger partial charge in [0.1, 0.15) is 5.65 Å². The lowest BCUT2D eigenvalue weighted by Crippen LogP contribution is -2.11. The Balaban J connectivity index is 1.51. The number of carbonyl (C=O) groups is 1. The minimum absolute atomic E-state index is 0.252. The summed E-state index contributed by atoms with van der Waals surface area (Å²) in [4.78, 5) is 25.6. The quantitative estimate of drug-likeness (QED) is 0.488. The van der Waals surface area contributed by atoms with Crippen molar-refractivity contribution < 1.29 is 4.79 Å². The predicted molar refractivity (Wildman–Crippen MR) is 119 cm³/mol. The van der Waals surface area contributed by atoms with E-state index < -0.39 is 0 Å². The van der Waals surface area contributed by atoms with Crippen molar-refractivity contribution in [3.05, 3.63) is 83.8 Å². The third kappa shape index (κ3) is 4.12. The van der Waals surface area contributed by atoms with Crippen LogP contribution in [0.3, 0.4) is 0 Å². The maximum absolute atomic E-state index is 12.3. The third-order valence-corrected chi connectivity index (χ3v) is 4.87. The van der Waals surface area contributed by atoms with Gasteiger partial charge in [0.2, 0.25) is 5.95 Å². The number of aromatic nitrogens is 4. The highest BCUT2D eigenvalue weighted by molar-refractivity contribution is 6.01. The molecule has 3 heterocycles. The normalized spacial score (nSPS) is 11.5. The molecular formula is C24H23N5O. The number of rotatable bonds is 5. The van der Waals surface area contributed by atoms with Crippen molar-refractivity contribution in [3.8, 4) is 11.4 Å². The highest BCUT2D eigenvalue weighted by Crippen LogP contribution is 2.23. The first kappa shape index (κ1) is 19.5. The molecule has 4 aromatic rings. The Labute approximate surface area is 175 Å². The zero-order valence-corrected chi connectivity index (χ0v) is 17.2.